The van der Waals surface area contributed by atoms with E-state index in [1.54, 1.807) is 6.20 Å². The molecule has 2 aliphatic rings. The van der Waals surface area contributed by atoms with Gasteiger partial charge in [0.15, 0.2) is 6.29 Å². The van der Waals surface area contributed by atoms with E-state index in [4.69, 9.17) is 18.9 Å². The smallest absolute Gasteiger partial charge is 0.213 e. The molecule has 25 heavy (non-hydrogen) atoms. The van der Waals surface area contributed by atoms with Gasteiger partial charge in [-0.15, -0.1) is 0 Å². The van der Waals surface area contributed by atoms with Gasteiger partial charge in [0.2, 0.25) is 5.88 Å². The van der Waals surface area contributed by atoms with E-state index in [9.17, 15) is 0 Å². The van der Waals surface area contributed by atoms with Gasteiger partial charge < -0.3 is 18.9 Å². The quantitative estimate of drug-likeness (QED) is 0.529. The molecule has 2 fully saturated rings. The Morgan fingerprint density at radius 2 is 1.88 bits per heavy atom. The first-order valence-electron chi connectivity index (χ1n) is 9.42. The van der Waals surface area contributed by atoms with Crippen molar-refractivity contribution in [1.29, 1.82) is 0 Å². The highest BCUT2D eigenvalue weighted by molar-refractivity contribution is 9.10. The predicted octanol–water partition coefficient (Wildman–Crippen LogP) is 4.48. The molecular weight excluding hydrogens is 386 g/mol. The minimum absolute atomic E-state index is 0.0390. The number of aromatic nitrogens is 1. The summed E-state index contributed by atoms with van der Waals surface area (Å²) in [5.41, 5.74) is 0. The van der Waals surface area contributed by atoms with Crippen LogP contribution in [-0.2, 0) is 14.2 Å². The Morgan fingerprint density at radius 3 is 2.60 bits per heavy atom. The van der Waals surface area contributed by atoms with Crippen LogP contribution in [0, 0.1) is 0 Å². The molecular formula is C19H28BrNO4. The molecule has 0 N–H and O–H groups in total. The van der Waals surface area contributed by atoms with E-state index in [1.807, 2.05) is 12.1 Å². The molecule has 1 aromatic rings. The summed E-state index contributed by atoms with van der Waals surface area (Å²) in [6.07, 6.45) is 11.0. The summed E-state index contributed by atoms with van der Waals surface area (Å²) in [5.74, 6) is 0.689. The van der Waals surface area contributed by atoms with Crippen molar-refractivity contribution in [2.75, 3.05) is 19.8 Å². The molecule has 0 spiro atoms. The fourth-order valence-electron chi connectivity index (χ4n) is 3.04. The van der Waals surface area contributed by atoms with Gasteiger partial charge in [-0.2, -0.15) is 0 Å². The fourth-order valence-corrected chi connectivity index (χ4v) is 3.28. The maximum absolute atomic E-state index is 5.89. The second-order valence-corrected chi connectivity index (χ2v) is 7.66. The van der Waals surface area contributed by atoms with Gasteiger partial charge in [0.25, 0.3) is 0 Å². The Kier molecular flexibility index (Phi) is 7.98. The van der Waals surface area contributed by atoms with Gasteiger partial charge in [0.05, 0.1) is 6.10 Å². The Morgan fingerprint density at radius 1 is 1.04 bits per heavy atom. The molecule has 1 unspecified atom stereocenters. The molecule has 140 valence electrons. The first kappa shape index (κ1) is 19.1. The second-order valence-electron chi connectivity index (χ2n) is 6.75. The molecule has 1 aliphatic heterocycles. The van der Waals surface area contributed by atoms with Crippen molar-refractivity contribution in [3.05, 3.63) is 22.8 Å². The fraction of sp³-hybridized carbons (Fsp3) is 0.737. The topological polar surface area (TPSA) is 49.8 Å². The lowest BCUT2D eigenvalue weighted by atomic mass is 9.92. The molecule has 1 saturated heterocycles. The number of halogens is 1. The van der Waals surface area contributed by atoms with Crippen LogP contribution < -0.4 is 4.74 Å². The third-order valence-electron chi connectivity index (χ3n) is 4.62. The lowest BCUT2D eigenvalue weighted by Gasteiger charge is -2.34. The Hall–Kier alpha value is -0.690. The summed E-state index contributed by atoms with van der Waals surface area (Å²) >= 11 is 3.37. The largest absolute Gasteiger partial charge is 0.474 e. The molecule has 0 aromatic carbocycles. The van der Waals surface area contributed by atoms with Gasteiger partial charge in [-0.1, -0.05) is 0 Å². The first-order chi connectivity index (χ1) is 12.3. The SMILES string of the molecule is Brc1ccc(O[C@H]2C[C@H](OCCCCCOC3CCCCO3)C2)nc1. The zero-order chi connectivity index (χ0) is 17.3. The van der Waals surface area contributed by atoms with Crippen molar-refractivity contribution < 1.29 is 18.9 Å². The number of pyridine rings is 1. The molecule has 3 rings (SSSR count). The number of nitrogens with zero attached hydrogens (tertiary/aromatic N) is 1. The average Bonchev–Trinajstić information content (AvgIpc) is 2.61. The molecule has 0 bridgehead atoms. The standard InChI is InChI=1S/C19H28BrNO4/c20-15-7-8-18(21-14-15)25-17-12-16(13-17)22-9-3-1-4-10-23-19-6-2-5-11-24-19/h7-8,14,16-17,19H,1-6,9-13H2/t16-,17-,19?. The molecule has 1 aliphatic carbocycles. The van der Waals surface area contributed by atoms with E-state index in [0.717, 1.165) is 62.8 Å². The van der Waals surface area contributed by atoms with E-state index in [-0.39, 0.29) is 12.4 Å². The molecule has 2 heterocycles. The molecule has 1 saturated carbocycles. The number of rotatable bonds is 10. The summed E-state index contributed by atoms with van der Waals surface area (Å²) in [4.78, 5) is 4.23. The second kappa shape index (κ2) is 10.5. The van der Waals surface area contributed by atoms with Crippen molar-refractivity contribution in [2.45, 2.75) is 69.9 Å². The van der Waals surface area contributed by atoms with E-state index in [1.165, 1.54) is 12.8 Å². The van der Waals surface area contributed by atoms with Gasteiger partial charge in [0, 0.05) is 49.4 Å². The zero-order valence-corrected chi connectivity index (χ0v) is 16.3. The van der Waals surface area contributed by atoms with Crippen molar-refractivity contribution in [1.82, 2.24) is 4.98 Å². The lowest BCUT2D eigenvalue weighted by molar-refractivity contribution is -0.162. The van der Waals surface area contributed by atoms with Crippen LogP contribution in [0.2, 0.25) is 0 Å². The van der Waals surface area contributed by atoms with E-state index >= 15 is 0 Å². The lowest BCUT2D eigenvalue weighted by Crippen LogP contribution is -2.39. The van der Waals surface area contributed by atoms with Crippen LogP contribution in [0.5, 0.6) is 5.88 Å². The van der Waals surface area contributed by atoms with Crippen LogP contribution in [0.25, 0.3) is 0 Å². The summed E-state index contributed by atoms with van der Waals surface area (Å²) in [7, 11) is 0. The van der Waals surface area contributed by atoms with Crippen molar-refractivity contribution >= 4 is 15.9 Å². The highest BCUT2D eigenvalue weighted by Gasteiger charge is 2.31. The molecule has 6 heteroatoms. The average molecular weight is 414 g/mol. The molecule has 5 nitrogen and oxygen atoms in total. The number of hydrogen-bond donors (Lipinski definition) is 0. The minimum atomic E-state index is 0.0390. The van der Waals surface area contributed by atoms with Crippen LogP contribution in [-0.4, -0.2) is 43.3 Å². The van der Waals surface area contributed by atoms with Gasteiger partial charge in [-0.25, -0.2) is 4.98 Å². The van der Waals surface area contributed by atoms with Crippen molar-refractivity contribution in [2.24, 2.45) is 0 Å². The van der Waals surface area contributed by atoms with Gasteiger partial charge >= 0.3 is 0 Å². The third kappa shape index (κ3) is 6.85. The van der Waals surface area contributed by atoms with Crippen molar-refractivity contribution in [3.8, 4) is 5.88 Å². The van der Waals surface area contributed by atoms with E-state index in [0.29, 0.717) is 12.0 Å². The van der Waals surface area contributed by atoms with Crippen LogP contribution in [0.15, 0.2) is 22.8 Å². The highest BCUT2D eigenvalue weighted by Crippen LogP contribution is 2.28. The van der Waals surface area contributed by atoms with Gasteiger partial charge in [-0.05, 0) is 60.5 Å². The maximum atomic E-state index is 5.89. The normalized spacial score (nSPS) is 26.2. The van der Waals surface area contributed by atoms with Gasteiger partial charge in [-0.3, -0.25) is 0 Å². The zero-order valence-electron chi connectivity index (χ0n) is 14.7. The number of unbranched alkanes of at least 4 members (excludes halogenated alkanes) is 2. The third-order valence-corrected chi connectivity index (χ3v) is 5.09. The van der Waals surface area contributed by atoms with Crippen LogP contribution in [0.3, 0.4) is 0 Å². The Balaban J connectivity index is 1.14. The number of hydrogen-bond acceptors (Lipinski definition) is 5. The summed E-state index contributed by atoms with van der Waals surface area (Å²) < 4.78 is 23.9. The van der Waals surface area contributed by atoms with Crippen LogP contribution >= 0.6 is 15.9 Å². The summed E-state index contributed by atoms with van der Waals surface area (Å²) in [6.45, 7) is 2.47. The molecule has 0 amide bonds. The van der Waals surface area contributed by atoms with Crippen molar-refractivity contribution in [3.63, 3.8) is 0 Å². The van der Waals surface area contributed by atoms with Gasteiger partial charge in [0.1, 0.15) is 6.10 Å². The summed E-state index contributed by atoms with van der Waals surface area (Å²) in [5, 5.41) is 0. The Labute approximate surface area is 158 Å². The molecule has 1 aromatic heterocycles. The van der Waals surface area contributed by atoms with E-state index in [2.05, 4.69) is 20.9 Å². The monoisotopic (exact) mass is 413 g/mol. The molecule has 0 radical (unpaired) electrons. The van der Waals surface area contributed by atoms with E-state index < -0.39 is 0 Å². The first-order valence-corrected chi connectivity index (χ1v) is 10.2. The number of ether oxygens (including phenoxy) is 4. The summed E-state index contributed by atoms with van der Waals surface area (Å²) in [6, 6.07) is 3.83. The highest BCUT2D eigenvalue weighted by atomic mass is 79.9. The predicted molar refractivity (Wildman–Crippen MR) is 98.7 cm³/mol. The van der Waals surface area contributed by atoms with Crippen LogP contribution in [0.1, 0.15) is 51.4 Å². The molecule has 1 atom stereocenters. The Bertz CT molecular complexity index is 487. The maximum Gasteiger partial charge on any atom is 0.213 e. The van der Waals surface area contributed by atoms with Crippen LogP contribution in [0.4, 0.5) is 0 Å². The minimum Gasteiger partial charge on any atom is -0.474 e.